The van der Waals surface area contributed by atoms with E-state index < -0.39 is 0 Å². The van der Waals surface area contributed by atoms with Crippen molar-refractivity contribution in [2.45, 2.75) is 39.2 Å². The van der Waals surface area contributed by atoms with Gasteiger partial charge in [0, 0.05) is 35.2 Å². The van der Waals surface area contributed by atoms with Crippen LogP contribution in [0.15, 0.2) is 34.9 Å². The van der Waals surface area contributed by atoms with E-state index in [0.29, 0.717) is 5.56 Å². The number of anilines is 1. The second kappa shape index (κ2) is 8.07. The molecule has 0 bridgehead atoms. The highest BCUT2D eigenvalue weighted by Crippen LogP contribution is 2.30. The lowest BCUT2D eigenvalue weighted by Crippen LogP contribution is -2.27. The number of likely N-dealkylation sites (N-methyl/N-ethyl adjacent to an activating group) is 1. The summed E-state index contributed by atoms with van der Waals surface area (Å²) in [5, 5.41) is 2.97. The molecule has 1 aromatic carbocycles. The van der Waals surface area contributed by atoms with Crippen LogP contribution in [-0.4, -0.2) is 29.4 Å². The van der Waals surface area contributed by atoms with Crippen LogP contribution < -0.4 is 5.32 Å². The zero-order valence-corrected chi connectivity index (χ0v) is 18.0. The molecule has 0 aliphatic carbocycles. The fourth-order valence-electron chi connectivity index (χ4n) is 3.10. The summed E-state index contributed by atoms with van der Waals surface area (Å²) in [5.41, 5.74) is 4.92. The highest BCUT2D eigenvalue weighted by Gasteiger charge is 2.19. The smallest absolute Gasteiger partial charge is 0.255 e. The van der Waals surface area contributed by atoms with Crippen LogP contribution in [0.1, 0.15) is 48.0 Å². The highest BCUT2D eigenvalue weighted by molar-refractivity contribution is 9.10. The van der Waals surface area contributed by atoms with Gasteiger partial charge in [-0.15, -0.1) is 12.4 Å². The number of aromatic nitrogens is 1. The van der Waals surface area contributed by atoms with Crippen molar-refractivity contribution in [3.05, 3.63) is 57.3 Å². The van der Waals surface area contributed by atoms with E-state index in [9.17, 15) is 4.79 Å². The maximum atomic E-state index is 12.6. The molecule has 0 unspecified atom stereocenters. The zero-order chi connectivity index (χ0) is 18.2. The molecule has 6 heteroatoms. The molecule has 1 aliphatic heterocycles. The minimum absolute atomic E-state index is 0. The number of carbonyl (C=O) groups is 1. The molecule has 0 spiro atoms. The molecule has 0 atom stereocenters. The summed E-state index contributed by atoms with van der Waals surface area (Å²) in [6.45, 7) is 8.37. The third kappa shape index (κ3) is 4.64. The molecule has 3 rings (SSSR count). The number of hydrogen-bond donors (Lipinski definition) is 1. The molecule has 0 radical (unpaired) electrons. The van der Waals surface area contributed by atoms with Gasteiger partial charge in [0.1, 0.15) is 0 Å². The Morgan fingerprint density at radius 2 is 2.00 bits per heavy atom. The van der Waals surface area contributed by atoms with Crippen molar-refractivity contribution >= 4 is 39.9 Å². The van der Waals surface area contributed by atoms with Crippen LogP contribution in [0.3, 0.4) is 0 Å². The quantitative estimate of drug-likeness (QED) is 0.732. The Bertz CT molecular complexity index is 817. The maximum Gasteiger partial charge on any atom is 0.255 e. The molecule has 1 N–H and O–H groups in total. The van der Waals surface area contributed by atoms with Crippen LogP contribution in [0.2, 0.25) is 0 Å². The topological polar surface area (TPSA) is 45.2 Å². The largest absolute Gasteiger partial charge is 0.321 e. The molecule has 1 aliphatic rings. The van der Waals surface area contributed by atoms with Gasteiger partial charge in [0.15, 0.2) is 0 Å². The van der Waals surface area contributed by atoms with Crippen molar-refractivity contribution in [1.29, 1.82) is 0 Å². The fourth-order valence-corrected chi connectivity index (χ4v) is 4.08. The molecule has 1 aromatic heterocycles. The molecule has 2 aromatic rings. The molecule has 140 valence electrons. The van der Waals surface area contributed by atoms with Gasteiger partial charge in [-0.3, -0.25) is 9.78 Å². The number of rotatable bonds is 2. The van der Waals surface area contributed by atoms with Crippen LogP contribution in [0.5, 0.6) is 0 Å². The summed E-state index contributed by atoms with van der Waals surface area (Å²) >= 11 is 3.59. The second-order valence-corrected chi connectivity index (χ2v) is 8.57. The molecule has 0 saturated carbocycles. The molecule has 2 heterocycles. The minimum Gasteiger partial charge on any atom is -0.321 e. The lowest BCUT2D eigenvalue weighted by atomic mass is 9.86. The lowest BCUT2D eigenvalue weighted by Gasteiger charge is -2.24. The van der Waals surface area contributed by atoms with Crippen LogP contribution in [0, 0.1) is 0 Å². The Kier molecular flexibility index (Phi) is 6.48. The van der Waals surface area contributed by atoms with Gasteiger partial charge in [-0.2, -0.15) is 0 Å². The maximum absolute atomic E-state index is 12.6. The SMILES string of the molecule is CN1CCc2ncc(NC(=O)c3ccc(C(C)(C)C)c(Br)c3)cc2C1.Cl. The standard InChI is InChI=1S/C20H24BrN3O.ClH/c1-20(2,3)16-6-5-13(10-17(16)21)19(25)23-15-9-14-12-24(4)8-7-18(14)22-11-15;/h5-6,9-11H,7-8,12H2,1-4H3,(H,23,25);1H. The number of benzene rings is 1. The second-order valence-electron chi connectivity index (χ2n) is 7.72. The van der Waals surface area contributed by atoms with E-state index in [-0.39, 0.29) is 23.7 Å². The van der Waals surface area contributed by atoms with Gasteiger partial charge in [0.05, 0.1) is 11.9 Å². The number of carbonyl (C=O) groups excluding carboxylic acids is 1. The van der Waals surface area contributed by atoms with Crippen molar-refractivity contribution in [3.8, 4) is 0 Å². The Hall–Kier alpha value is -1.43. The Balaban J connectivity index is 0.00000243. The first kappa shape index (κ1) is 20.9. The predicted molar refractivity (Wildman–Crippen MR) is 112 cm³/mol. The van der Waals surface area contributed by atoms with Crippen molar-refractivity contribution in [1.82, 2.24) is 9.88 Å². The zero-order valence-electron chi connectivity index (χ0n) is 15.6. The van der Waals surface area contributed by atoms with Gasteiger partial charge in [-0.25, -0.2) is 0 Å². The van der Waals surface area contributed by atoms with E-state index in [1.165, 1.54) is 11.1 Å². The molecule has 0 saturated heterocycles. The summed E-state index contributed by atoms with van der Waals surface area (Å²) in [6, 6.07) is 7.81. The lowest BCUT2D eigenvalue weighted by molar-refractivity contribution is 0.102. The molecule has 4 nitrogen and oxygen atoms in total. The predicted octanol–water partition coefficient (Wildman–Crippen LogP) is 4.80. The van der Waals surface area contributed by atoms with Crippen molar-refractivity contribution in [2.75, 3.05) is 18.9 Å². The van der Waals surface area contributed by atoms with Gasteiger partial charge in [-0.05, 0) is 41.8 Å². The first-order valence-corrected chi connectivity index (χ1v) is 9.31. The number of nitrogens with one attached hydrogen (secondary N) is 1. The van der Waals surface area contributed by atoms with E-state index >= 15 is 0 Å². The van der Waals surface area contributed by atoms with Gasteiger partial charge in [-0.1, -0.05) is 42.8 Å². The average molecular weight is 439 g/mol. The van der Waals surface area contributed by atoms with E-state index in [2.05, 4.69) is 58.9 Å². The summed E-state index contributed by atoms with van der Waals surface area (Å²) in [7, 11) is 2.10. The molecular weight excluding hydrogens is 414 g/mol. The Morgan fingerprint density at radius 1 is 1.27 bits per heavy atom. The van der Waals surface area contributed by atoms with Gasteiger partial charge in [0.2, 0.25) is 0 Å². The van der Waals surface area contributed by atoms with Gasteiger partial charge in [0.25, 0.3) is 5.91 Å². The Morgan fingerprint density at radius 3 is 2.65 bits per heavy atom. The van der Waals surface area contributed by atoms with Crippen LogP contribution in [0.4, 0.5) is 5.69 Å². The minimum atomic E-state index is -0.118. The summed E-state index contributed by atoms with van der Waals surface area (Å²) < 4.78 is 0.956. The fraction of sp³-hybridized carbons (Fsp3) is 0.400. The number of halogens is 2. The number of hydrogen-bond acceptors (Lipinski definition) is 3. The van der Waals surface area contributed by atoms with Gasteiger partial charge < -0.3 is 10.2 Å². The van der Waals surface area contributed by atoms with Crippen LogP contribution in [-0.2, 0) is 18.4 Å². The van der Waals surface area contributed by atoms with Crippen molar-refractivity contribution in [3.63, 3.8) is 0 Å². The number of amides is 1. The van der Waals surface area contributed by atoms with E-state index in [1.807, 2.05) is 24.3 Å². The number of fused-ring (bicyclic) bond motifs is 1. The molecule has 26 heavy (non-hydrogen) atoms. The summed E-state index contributed by atoms with van der Waals surface area (Å²) in [5.74, 6) is -0.118. The van der Waals surface area contributed by atoms with E-state index in [0.717, 1.165) is 35.4 Å². The monoisotopic (exact) mass is 437 g/mol. The normalized spacial score (nSPS) is 14.3. The number of pyridine rings is 1. The van der Waals surface area contributed by atoms with Crippen LogP contribution in [0.25, 0.3) is 0 Å². The average Bonchev–Trinajstić information content (AvgIpc) is 2.53. The third-order valence-electron chi connectivity index (χ3n) is 4.53. The molecule has 0 fully saturated rings. The van der Waals surface area contributed by atoms with Gasteiger partial charge >= 0.3 is 0 Å². The third-order valence-corrected chi connectivity index (χ3v) is 5.18. The van der Waals surface area contributed by atoms with Crippen molar-refractivity contribution < 1.29 is 4.79 Å². The summed E-state index contributed by atoms with van der Waals surface area (Å²) in [6.07, 6.45) is 2.71. The summed E-state index contributed by atoms with van der Waals surface area (Å²) in [4.78, 5) is 19.4. The first-order valence-electron chi connectivity index (χ1n) is 8.52. The van der Waals surface area contributed by atoms with E-state index in [4.69, 9.17) is 0 Å². The number of nitrogens with zero attached hydrogens (tertiary/aromatic N) is 2. The first-order chi connectivity index (χ1) is 11.7. The Labute approximate surface area is 169 Å². The van der Waals surface area contributed by atoms with E-state index in [1.54, 1.807) is 6.20 Å². The molecule has 1 amide bonds. The highest BCUT2D eigenvalue weighted by atomic mass is 79.9. The van der Waals surface area contributed by atoms with Crippen molar-refractivity contribution in [2.24, 2.45) is 0 Å². The van der Waals surface area contributed by atoms with Crippen LogP contribution >= 0.6 is 28.3 Å². The molecular formula is C20H25BrClN3O.